The van der Waals surface area contributed by atoms with Crippen LogP contribution in [0.4, 0.5) is 5.69 Å². The first-order chi connectivity index (χ1) is 11.8. The number of carbonyl (C=O) groups excluding carboxylic acids is 2. The van der Waals surface area contributed by atoms with Crippen molar-refractivity contribution in [3.8, 4) is 0 Å². The van der Waals surface area contributed by atoms with Gasteiger partial charge in [0.15, 0.2) is 0 Å². The van der Waals surface area contributed by atoms with E-state index in [1.165, 1.54) is 12.1 Å². The molecule has 2 rings (SSSR count). The van der Waals surface area contributed by atoms with Crippen molar-refractivity contribution >= 4 is 40.7 Å². The molecule has 26 heavy (non-hydrogen) atoms. The van der Waals surface area contributed by atoms with Crippen LogP contribution in [0.5, 0.6) is 0 Å². The van der Waals surface area contributed by atoms with Gasteiger partial charge in [-0.1, -0.05) is 26.3 Å². The molecule has 0 aliphatic heterocycles. The summed E-state index contributed by atoms with van der Waals surface area (Å²) in [6.07, 6.45) is 0.744. The Morgan fingerprint density at radius 1 is 1.19 bits per heavy atom. The number of aromatic nitrogens is 2. The standard InChI is InChI=1S/C16H21N5O4.ClH/c1-3-8(2)13(17)16(25)18-7-11(22)19-10-6-4-5-9-12(10)15(24)21-20-14(9)23;/h4-6,8,13H,3,7,17H2,1-2H3,(H,18,25)(H,19,22)(H,20,23)(H,21,24);1H. The molecule has 2 unspecified atom stereocenters. The average Bonchev–Trinajstić information content (AvgIpc) is 2.61. The highest BCUT2D eigenvalue weighted by Crippen LogP contribution is 2.16. The van der Waals surface area contributed by atoms with Crippen molar-refractivity contribution in [3.05, 3.63) is 38.9 Å². The third-order valence-electron chi connectivity index (χ3n) is 4.08. The third kappa shape index (κ3) is 4.70. The summed E-state index contributed by atoms with van der Waals surface area (Å²) >= 11 is 0. The number of rotatable bonds is 6. The van der Waals surface area contributed by atoms with Crippen LogP contribution in [0.3, 0.4) is 0 Å². The van der Waals surface area contributed by atoms with Crippen molar-refractivity contribution in [1.29, 1.82) is 0 Å². The van der Waals surface area contributed by atoms with E-state index in [1.54, 1.807) is 6.07 Å². The smallest absolute Gasteiger partial charge is 0.272 e. The molecule has 2 amide bonds. The van der Waals surface area contributed by atoms with E-state index >= 15 is 0 Å². The first-order valence-electron chi connectivity index (χ1n) is 7.92. The predicted molar refractivity (Wildman–Crippen MR) is 102 cm³/mol. The monoisotopic (exact) mass is 383 g/mol. The van der Waals surface area contributed by atoms with E-state index in [2.05, 4.69) is 20.8 Å². The molecule has 1 aromatic carbocycles. The minimum atomic E-state index is -0.697. The van der Waals surface area contributed by atoms with Crippen LogP contribution >= 0.6 is 12.4 Å². The Balaban J connectivity index is 0.00000338. The van der Waals surface area contributed by atoms with E-state index in [0.717, 1.165) is 6.42 Å². The van der Waals surface area contributed by atoms with Gasteiger partial charge >= 0.3 is 0 Å². The van der Waals surface area contributed by atoms with Crippen LogP contribution in [0, 0.1) is 5.92 Å². The van der Waals surface area contributed by atoms with Crippen LogP contribution < -0.4 is 27.5 Å². The average molecular weight is 384 g/mol. The predicted octanol–water partition coefficient (Wildman–Crippen LogP) is 0.0663. The number of hydrogen-bond acceptors (Lipinski definition) is 5. The Morgan fingerprint density at radius 2 is 1.85 bits per heavy atom. The quantitative estimate of drug-likeness (QED) is 0.478. The van der Waals surface area contributed by atoms with Crippen molar-refractivity contribution in [3.63, 3.8) is 0 Å². The van der Waals surface area contributed by atoms with Gasteiger partial charge in [-0.25, -0.2) is 0 Å². The first-order valence-corrected chi connectivity index (χ1v) is 7.92. The number of anilines is 1. The van der Waals surface area contributed by atoms with Crippen LogP contribution in [0.25, 0.3) is 10.8 Å². The second-order valence-corrected chi connectivity index (χ2v) is 5.81. The number of H-pyrrole nitrogens is 2. The molecule has 9 nitrogen and oxygen atoms in total. The van der Waals surface area contributed by atoms with Gasteiger partial charge in [-0.05, 0) is 18.1 Å². The number of fused-ring (bicyclic) bond motifs is 1. The molecule has 1 heterocycles. The maximum absolute atomic E-state index is 12.1. The molecule has 0 aliphatic rings. The lowest BCUT2D eigenvalue weighted by Gasteiger charge is -2.17. The van der Waals surface area contributed by atoms with Gasteiger partial charge in [-0.3, -0.25) is 29.4 Å². The zero-order valence-electron chi connectivity index (χ0n) is 14.4. The van der Waals surface area contributed by atoms with Gasteiger partial charge in [-0.15, -0.1) is 12.4 Å². The maximum Gasteiger partial charge on any atom is 0.272 e. The Labute approximate surface area is 155 Å². The summed E-state index contributed by atoms with van der Waals surface area (Å²) in [5.41, 5.74) is 4.98. The molecule has 0 radical (unpaired) electrons. The van der Waals surface area contributed by atoms with Crippen molar-refractivity contribution in [2.24, 2.45) is 11.7 Å². The summed E-state index contributed by atoms with van der Waals surface area (Å²) in [5, 5.41) is 9.64. The summed E-state index contributed by atoms with van der Waals surface area (Å²) in [4.78, 5) is 47.6. The van der Waals surface area contributed by atoms with Crippen LogP contribution in [0.1, 0.15) is 20.3 Å². The van der Waals surface area contributed by atoms with E-state index < -0.39 is 29.0 Å². The third-order valence-corrected chi connectivity index (χ3v) is 4.08. The lowest BCUT2D eigenvalue weighted by Crippen LogP contribution is -2.46. The fourth-order valence-corrected chi connectivity index (χ4v) is 2.33. The number of carbonyl (C=O) groups is 2. The molecular weight excluding hydrogens is 362 g/mol. The second-order valence-electron chi connectivity index (χ2n) is 5.81. The fraction of sp³-hybridized carbons (Fsp3) is 0.375. The molecule has 2 atom stereocenters. The summed E-state index contributed by atoms with van der Waals surface area (Å²) in [5.74, 6) is -0.958. The Kier molecular flexibility index (Phi) is 7.54. The number of benzene rings is 1. The minimum Gasteiger partial charge on any atom is -0.346 e. The van der Waals surface area contributed by atoms with E-state index in [0.29, 0.717) is 0 Å². The van der Waals surface area contributed by atoms with Gasteiger partial charge in [0.2, 0.25) is 11.8 Å². The van der Waals surface area contributed by atoms with Crippen molar-refractivity contribution in [1.82, 2.24) is 15.5 Å². The Bertz CT molecular complexity index is 907. The van der Waals surface area contributed by atoms with E-state index in [1.807, 2.05) is 13.8 Å². The summed E-state index contributed by atoms with van der Waals surface area (Å²) in [6, 6.07) is 3.83. The van der Waals surface area contributed by atoms with Crippen LogP contribution in [0.15, 0.2) is 27.8 Å². The summed E-state index contributed by atoms with van der Waals surface area (Å²) in [6.45, 7) is 3.48. The lowest BCUT2D eigenvalue weighted by atomic mass is 9.99. The number of aromatic amines is 2. The number of halogens is 1. The van der Waals surface area contributed by atoms with Gasteiger partial charge < -0.3 is 16.4 Å². The summed E-state index contributed by atoms with van der Waals surface area (Å²) in [7, 11) is 0. The molecule has 0 fully saturated rings. The molecule has 2 aromatic rings. The molecule has 142 valence electrons. The van der Waals surface area contributed by atoms with Gasteiger partial charge in [0.25, 0.3) is 11.1 Å². The number of hydrogen-bond donors (Lipinski definition) is 5. The van der Waals surface area contributed by atoms with Gasteiger partial charge in [-0.2, -0.15) is 0 Å². The van der Waals surface area contributed by atoms with Crippen LogP contribution in [-0.2, 0) is 9.59 Å². The molecule has 1 aromatic heterocycles. The largest absolute Gasteiger partial charge is 0.346 e. The molecule has 0 bridgehead atoms. The Hall–Kier alpha value is -2.65. The maximum atomic E-state index is 12.1. The molecule has 6 N–H and O–H groups in total. The van der Waals surface area contributed by atoms with Crippen LogP contribution in [-0.4, -0.2) is 34.6 Å². The van der Waals surface area contributed by atoms with E-state index in [-0.39, 0.29) is 41.3 Å². The second kappa shape index (κ2) is 9.16. The molecule has 0 saturated carbocycles. The first kappa shape index (κ1) is 21.4. The fourth-order valence-electron chi connectivity index (χ4n) is 2.33. The van der Waals surface area contributed by atoms with Gasteiger partial charge in [0.1, 0.15) is 0 Å². The number of amides is 2. The van der Waals surface area contributed by atoms with Crippen molar-refractivity contribution < 1.29 is 9.59 Å². The van der Waals surface area contributed by atoms with Gasteiger partial charge in [0.05, 0.1) is 29.0 Å². The summed E-state index contributed by atoms with van der Waals surface area (Å²) < 4.78 is 0. The molecule has 0 spiro atoms. The highest BCUT2D eigenvalue weighted by Gasteiger charge is 2.20. The molecule has 0 saturated heterocycles. The minimum absolute atomic E-state index is 0. The molecule has 0 aliphatic carbocycles. The number of nitrogens with one attached hydrogen (secondary N) is 4. The topological polar surface area (TPSA) is 150 Å². The van der Waals surface area contributed by atoms with E-state index in [9.17, 15) is 19.2 Å². The Morgan fingerprint density at radius 3 is 2.50 bits per heavy atom. The van der Waals surface area contributed by atoms with Crippen molar-refractivity contribution in [2.75, 3.05) is 11.9 Å². The van der Waals surface area contributed by atoms with Gasteiger partial charge in [0, 0.05) is 0 Å². The van der Waals surface area contributed by atoms with Crippen LogP contribution in [0.2, 0.25) is 0 Å². The zero-order valence-corrected chi connectivity index (χ0v) is 15.2. The number of nitrogens with two attached hydrogens (primary N) is 1. The van der Waals surface area contributed by atoms with Crippen molar-refractivity contribution in [2.45, 2.75) is 26.3 Å². The molecule has 10 heteroatoms. The molecular formula is C16H22ClN5O4. The van der Waals surface area contributed by atoms with E-state index in [4.69, 9.17) is 5.73 Å². The zero-order chi connectivity index (χ0) is 18.6. The SMILES string of the molecule is CCC(C)C(N)C(=O)NCC(=O)Nc1cccc2c(=O)[nH][nH]c(=O)c12.Cl. The normalized spacial score (nSPS) is 12.7. The highest BCUT2D eigenvalue weighted by atomic mass is 35.5. The highest BCUT2D eigenvalue weighted by molar-refractivity contribution is 6.02. The lowest BCUT2D eigenvalue weighted by molar-refractivity contribution is -0.125.